The number of aliphatic hydroxyl groups excluding tert-OH is 2. The first kappa shape index (κ1) is 15.8. The molecule has 6 nitrogen and oxygen atoms in total. The van der Waals surface area contributed by atoms with E-state index in [0.717, 1.165) is 0 Å². The molecule has 0 saturated carbocycles. The van der Waals surface area contributed by atoms with Gasteiger partial charge in [-0.1, -0.05) is 0 Å². The van der Waals surface area contributed by atoms with Gasteiger partial charge in [0.25, 0.3) is 0 Å². The zero-order valence-electron chi connectivity index (χ0n) is 11.7. The molecule has 18 heavy (non-hydrogen) atoms. The summed E-state index contributed by atoms with van der Waals surface area (Å²) in [7, 11) is 1.41. The van der Waals surface area contributed by atoms with Gasteiger partial charge < -0.3 is 30.2 Å². The summed E-state index contributed by atoms with van der Waals surface area (Å²) in [6, 6.07) is -0.536. The van der Waals surface area contributed by atoms with Crippen LogP contribution in [0.4, 0.5) is 0 Å². The van der Waals surface area contributed by atoms with Crippen LogP contribution in [-0.4, -0.2) is 59.7 Å². The van der Waals surface area contributed by atoms with Crippen molar-refractivity contribution in [2.45, 2.75) is 63.4 Å². The molecule has 1 fully saturated rings. The summed E-state index contributed by atoms with van der Waals surface area (Å²) in [6.07, 6.45) is -2.94. The van der Waals surface area contributed by atoms with Gasteiger partial charge in [0.1, 0.15) is 18.3 Å². The van der Waals surface area contributed by atoms with Crippen molar-refractivity contribution in [3.05, 3.63) is 0 Å². The van der Waals surface area contributed by atoms with E-state index in [1.54, 1.807) is 6.92 Å². The van der Waals surface area contributed by atoms with Gasteiger partial charge in [-0.2, -0.15) is 0 Å². The van der Waals surface area contributed by atoms with E-state index >= 15 is 0 Å². The molecule has 0 aromatic carbocycles. The van der Waals surface area contributed by atoms with Crippen molar-refractivity contribution in [1.82, 2.24) is 0 Å². The van der Waals surface area contributed by atoms with Crippen LogP contribution in [0.25, 0.3) is 0 Å². The topological polar surface area (TPSA) is 94.2 Å². The molecule has 0 aromatic rings. The minimum Gasteiger partial charge on any atom is -0.387 e. The van der Waals surface area contributed by atoms with Gasteiger partial charge in [-0.15, -0.1) is 0 Å². The van der Waals surface area contributed by atoms with Crippen molar-refractivity contribution in [1.29, 1.82) is 0 Å². The first-order valence-corrected chi connectivity index (χ1v) is 6.09. The lowest BCUT2D eigenvalue weighted by Crippen LogP contribution is -2.47. The van der Waals surface area contributed by atoms with Gasteiger partial charge in [0, 0.05) is 7.11 Å². The summed E-state index contributed by atoms with van der Waals surface area (Å²) < 4.78 is 16.2. The van der Waals surface area contributed by atoms with Crippen molar-refractivity contribution < 1.29 is 24.4 Å². The third-order valence-electron chi connectivity index (χ3n) is 3.10. The molecule has 0 aromatic heterocycles. The molecule has 108 valence electrons. The van der Waals surface area contributed by atoms with Crippen molar-refractivity contribution in [2.75, 3.05) is 13.7 Å². The molecular formula is C12H25NO5. The Morgan fingerprint density at radius 2 is 1.94 bits per heavy atom. The van der Waals surface area contributed by atoms with Crippen LogP contribution in [0, 0.1) is 0 Å². The lowest BCUT2D eigenvalue weighted by atomic mass is 10.0. The second-order valence-electron chi connectivity index (χ2n) is 5.83. The number of hydrogen-bond acceptors (Lipinski definition) is 6. The zero-order chi connectivity index (χ0) is 14.1. The van der Waals surface area contributed by atoms with E-state index in [1.807, 2.05) is 20.8 Å². The summed E-state index contributed by atoms with van der Waals surface area (Å²) in [5.74, 6) is -1.23. The highest BCUT2D eigenvalue weighted by molar-refractivity contribution is 4.98. The molecule has 6 heteroatoms. The van der Waals surface area contributed by atoms with Crippen LogP contribution < -0.4 is 5.73 Å². The lowest BCUT2D eigenvalue weighted by Gasteiger charge is -2.28. The molecule has 5 atom stereocenters. The highest BCUT2D eigenvalue weighted by Gasteiger charge is 2.53. The van der Waals surface area contributed by atoms with Crippen LogP contribution in [0.1, 0.15) is 27.7 Å². The summed E-state index contributed by atoms with van der Waals surface area (Å²) >= 11 is 0. The van der Waals surface area contributed by atoms with Gasteiger partial charge in [0.15, 0.2) is 5.79 Å². The second-order valence-corrected chi connectivity index (χ2v) is 5.83. The normalized spacial score (nSPS) is 39.0. The molecule has 0 aliphatic carbocycles. The standard InChI is InChI=1S/C12H25NO5/c1-11(2,3)17-6-7(13)9-8(14)10(15)12(4,16-5)18-9/h7-10,14-15H,6,13H2,1-5H3/t7-,8-,9+,10+,12?/m1/s1. The fourth-order valence-corrected chi connectivity index (χ4v) is 1.85. The van der Waals surface area contributed by atoms with Crippen molar-refractivity contribution >= 4 is 0 Å². The Hall–Kier alpha value is -0.240. The number of hydrogen-bond donors (Lipinski definition) is 3. The van der Waals surface area contributed by atoms with E-state index in [-0.39, 0.29) is 12.2 Å². The van der Waals surface area contributed by atoms with Crippen molar-refractivity contribution in [3.8, 4) is 0 Å². The van der Waals surface area contributed by atoms with Gasteiger partial charge >= 0.3 is 0 Å². The maximum absolute atomic E-state index is 9.93. The zero-order valence-corrected chi connectivity index (χ0v) is 11.7. The monoisotopic (exact) mass is 263 g/mol. The molecular weight excluding hydrogens is 238 g/mol. The van der Waals surface area contributed by atoms with Crippen LogP contribution in [0.5, 0.6) is 0 Å². The van der Waals surface area contributed by atoms with E-state index in [0.29, 0.717) is 0 Å². The maximum atomic E-state index is 9.93. The Balaban J connectivity index is 2.62. The van der Waals surface area contributed by atoms with Gasteiger partial charge in [0.2, 0.25) is 0 Å². The third kappa shape index (κ3) is 3.40. The Kier molecular flexibility index (Phi) is 4.75. The lowest BCUT2D eigenvalue weighted by molar-refractivity contribution is -0.235. The second kappa shape index (κ2) is 5.40. The fraction of sp³-hybridized carbons (Fsp3) is 1.00. The number of nitrogens with two attached hydrogens (primary N) is 1. The van der Waals surface area contributed by atoms with Crippen LogP contribution in [-0.2, 0) is 14.2 Å². The number of ether oxygens (including phenoxy) is 3. The largest absolute Gasteiger partial charge is 0.387 e. The number of aliphatic hydroxyl groups is 2. The van der Waals surface area contributed by atoms with Crippen LogP contribution >= 0.6 is 0 Å². The van der Waals surface area contributed by atoms with Crippen LogP contribution in [0.2, 0.25) is 0 Å². The molecule has 4 N–H and O–H groups in total. The summed E-state index contributed by atoms with van der Waals surface area (Å²) in [5.41, 5.74) is 5.62. The van der Waals surface area contributed by atoms with Gasteiger partial charge in [-0.25, -0.2) is 0 Å². The average Bonchev–Trinajstić information content (AvgIpc) is 2.51. The third-order valence-corrected chi connectivity index (χ3v) is 3.10. The molecule has 1 heterocycles. The summed E-state index contributed by atoms with van der Waals surface area (Å²) in [5, 5.41) is 19.8. The minimum absolute atomic E-state index is 0.234. The Morgan fingerprint density at radius 1 is 1.39 bits per heavy atom. The first-order chi connectivity index (χ1) is 8.10. The summed E-state index contributed by atoms with van der Waals surface area (Å²) in [6.45, 7) is 7.55. The SMILES string of the molecule is COC1(C)O[C@@H]([C@H](N)COC(C)(C)C)[C@@H](O)[C@@H]1O. The molecule has 1 aliphatic heterocycles. The summed E-state index contributed by atoms with van der Waals surface area (Å²) in [4.78, 5) is 0. The highest BCUT2D eigenvalue weighted by atomic mass is 16.7. The van der Waals surface area contributed by atoms with E-state index in [2.05, 4.69) is 0 Å². The van der Waals surface area contributed by atoms with Crippen molar-refractivity contribution in [2.24, 2.45) is 5.73 Å². The van der Waals surface area contributed by atoms with Crippen LogP contribution in [0.15, 0.2) is 0 Å². The molecule has 0 amide bonds. The maximum Gasteiger partial charge on any atom is 0.194 e. The molecule has 0 radical (unpaired) electrons. The van der Waals surface area contributed by atoms with Gasteiger partial charge in [0.05, 0.1) is 18.2 Å². The van der Waals surface area contributed by atoms with Gasteiger partial charge in [-0.3, -0.25) is 0 Å². The number of rotatable bonds is 4. The quantitative estimate of drug-likeness (QED) is 0.639. The molecule has 1 unspecified atom stereocenters. The smallest absolute Gasteiger partial charge is 0.194 e. The van der Waals surface area contributed by atoms with Crippen LogP contribution in [0.3, 0.4) is 0 Å². The Bertz CT molecular complexity index is 280. The predicted molar refractivity (Wildman–Crippen MR) is 66.0 cm³/mol. The van der Waals surface area contributed by atoms with Crippen molar-refractivity contribution in [3.63, 3.8) is 0 Å². The van der Waals surface area contributed by atoms with E-state index in [4.69, 9.17) is 19.9 Å². The molecule has 0 bridgehead atoms. The highest BCUT2D eigenvalue weighted by Crippen LogP contribution is 2.32. The average molecular weight is 263 g/mol. The Morgan fingerprint density at radius 3 is 2.33 bits per heavy atom. The molecule has 1 rings (SSSR count). The van der Waals surface area contributed by atoms with Gasteiger partial charge in [-0.05, 0) is 27.7 Å². The molecule has 1 saturated heterocycles. The molecule has 0 spiro atoms. The Labute approximate surface area is 108 Å². The fourth-order valence-electron chi connectivity index (χ4n) is 1.85. The minimum atomic E-state index is -1.23. The number of methoxy groups -OCH3 is 1. The first-order valence-electron chi connectivity index (χ1n) is 6.09. The molecule has 1 aliphatic rings. The predicted octanol–water partition coefficient (Wildman–Crippen LogP) is -0.388. The van der Waals surface area contributed by atoms with E-state index < -0.39 is 30.1 Å². The van der Waals surface area contributed by atoms with E-state index in [1.165, 1.54) is 7.11 Å². The van der Waals surface area contributed by atoms with E-state index in [9.17, 15) is 10.2 Å².